The van der Waals surface area contributed by atoms with Crippen molar-refractivity contribution >= 4 is 6.03 Å². The van der Waals surface area contributed by atoms with Crippen LogP contribution < -0.4 is 10.6 Å². The predicted octanol–water partition coefficient (Wildman–Crippen LogP) is 2.22. The Morgan fingerprint density at radius 3 is 2.78 bits per heavy atom. The molecular weight excluding hydrogens is 292 g/mol. The average molecular weight is 316 g/mol. The number of hydrogen-bond acceptors (Lipinski definition) is 3. The van der Waals surface area contributed by atoms with E-state index in [1.807, 2.05) is 50.4 Å². The predicted molar refractivity (Wildman–Crippen MR) is 89.3 cm³/mol. The van der Waals surface area contributed by atoms with Gasteiger partial charge in [0.25, 0.3) is 0 Å². The van der Waals surface area contributed by atoms with Gasteiger partial charge in [0.05, 0.1) is 17.8 Å². The summed E-state index contributed by atoms with van der Waals surface area (Å²) in [6.07, 6.45) is 5.19. The van der Waals surface area contributed by atoms with Crippen LogP contribution in [0.15, 0.2) is 42.7 Å². The lowest BCUT2D eigenvalue weighted by Crippen LogP contribution is -2.52. The Morgan fingerprint density at radius 1 is 1.35 bits per heavy atom. The van der Waals surface area contributed by atoms with E-state index in [-0.39, 0.29) is 12.6 Å². The summed E-state index contributed by atoms with van der Waals surface area (Å²) < 4.78 is 1.77. The third-order valence-electron chi connectivity index (χ3n) is 3.75. The summed E-state index contributed by atoms with van der Waals surface area (Å²) in [7, 11) is 0. The fraction of sp³-hybridized carbons (Fsp3) is 0.412. The van der Waals surface area contributed by atoms with Gasteiger partial charge in [0, 0.05) is 18.9 Å². The van der Waals surface area contributed by atoms with Gasteiger partial charge in [-0.05, 0) is 31.0 Å². The van der Waals surface area contributed by atoms with Gasteiger partial charge in [-0.15, -0.1) is 0 Å². The van der Waals surface area contributed by atoms with Crippen LogP contribution in [0.2, 0.25) is 0 Å². The summed E-state index contributed by atoms with van der Waals surface area (Å²) in [4.78, 5) is 12.1. The highest BCUT2D eigenvalue weighted by Gasteiger charge is 2.24. The van der Waals surface area contributed by atoms with Crippen LogP contribution in [-0.4, -0.2) is 33.1 Å². The molecule has 0 spiro atoms. The minimum absolute atomic E-state index is 0.0852. The number of amides is 2. The summed E-state index contributed by atoms with van der Waals surface area (Å²) in [6, 6.07) is 9.34. The zero-order valence-electron chi connectivity index (χ0n) is 13.6. The van der Waals surface area contributed by atoms with Crippen LogP contribution in [0, 0.1) is 0 Å². The molecule has 2 rings (SSSR count). The summed E-state index contributed by atoms with van der Waals surface area (Å²) in [5.41, 5.74) is 1.30. The first-order valence-electron chi connectivity index (χ1n) is 7.83. The number of benzene rings is 1. The van der Waals surface area contributed by atoms with E-state index < -0.39 is 5.54 Å². The third kappa shape index (κ3) is 4.56. The van der Waals surface area contributed by atoms with Crippen molar-refractivity contribution < 1.29 is 9.90 Å². The van der Waals surface area contributed by atoms with E-state index in [4.69, 9.17) is 0 Å². The van der Waals surface area contributed by atoms with Crippen LogP contribution >= 0.6 is 0 Å². The van der Waals surface area contributed by atoms with E-state index in [2.05, 4.69) is 15.7 Å². The Balaban J connectivity index is 2.00. The SMILES string of the molecule is CCCC(C)(CO)NC(=O)NCc1ccccc1-n1cccn1. The van der Waals surface area contributed by atoms with Gasteiger partial charge in [0.1, 0.15) is 0 Å². The Hall–Kier alpha value is -2.34. The first-order valence-corrected chi connectivity index (χ1v) is 7.83. The highest BCUT2D eigenvalue weighted by Crippen LogP contribution is 2.14. The van der Waals surface area contributed by atoms with Gasteiger partial charge in [-0.1, -0.05) is 31.5 Å². The molecule has 0 radical (unpaired) electrons. The molecule has 0 fully saturated rings. The zero-order chi connectivity index (χ0) is 16.7. The molecule has 6 heteroatoms. The standard InChI is InChI=1S/C17H24N4O2/c1-3-9-17(2,13-22)20-16(23)18-12-14-7-4-5-8-15(14)21-11-6-10-19-21/h4-8,10-11,22H,3,9,12-13H2,1-2H3,(H2,18,20,23). The van der Waals surface area contributed by atoms with Crippen LogP contribution in [0.25, 0.3) is 5.69 Å². The number of aliphatic hydroxyl groups excluding tert-OH is 1. The Morgan fingerprint density at radius 2 is 2.13 bits per heavy atom. The Bertz CT molecular complexity index is 627. The molecule has 1 aromatic heterocycles. The number of nitrogens with one attached hydrogen (secondary N) is 2. The van der Waals surface area contributed by atoms with E-state index in [1.54, 1.807) is 10.9 Å². The molecule has 2 aromatic rings. The molecule has 1 heterocycles. The fourth-order valence-electron chi connectivity index (χ4n) is 2.52. The maximum Gasteiger partial charge on any atom is 0.315 e. The molecule has 1 aromatic carbocycles. The molecule has 2 amide bonds. The summed E-state index contributed by atoms with van der Waals surface area (Å²) in [5.74, 6) is 0. The number of carbonyl (C=O) groups excluding carboxylic acids is 1. The van der Waals surface area contributed by atoms with Crippen molar-refractivity contribution in [3.8, 4) is 5.69 Å². The monoisotopic (exact) mass is 316 g/mol. The molecule has 0 aliphatic rings. The quantitative estimate of drug-likeness (QED) is 0.733. The van der Waals surface area contributed by atoms with E-state index in [0.717, 1.165) is 24.1 Å². The van der Waals surface area contributed by atoms with Crippen molar-refractivity contribution in [3.05, 3.63) is 48.3 Å². The molecule has 1 unspecified atom stereocenters. The highest BCUT2D eigenvalue weighted by molar-refractivity contribution is 5.74. The maximum absolute atomic E-state index is 12.1. The van der Waals surface area contributed by atoms with Crippen LogP contribution in [0.1, 0.15) is 32.3 Å². The third-order valence-corrected chi connectivity index (χ3v) is 3.75. The number of para-hydroxylation sites is 1. The van der Waals surface area contributed by atoms with Gasteiger partial charge in [0.15, 0.2) is 0 Å². The van der Waals surface area contributed by atoms with Crippen LogP contribution in [0.5, 0.6) is 0 Å². The smallest absolute Gasteiger partial charge is 0.315 e. The fourth-order valence-corrected chi connectivity index (χ4v) is 2.52. The molecule has 0 bridgehead atoms. The molecule has 0 saturated carbocycles. The van der Waals surface area contributed by atoms with Crippen molar-refractivity contribution in [1.29, 1.82) is 0 Å². The van der Waals surface area contributed by atoms with Gasteiger partial charge in [-0.2, -0.15) is 5.10 Å². The minimum atomic E-state index is -0.597. The second kappa shape index (κ2) is 7.78. The van der Waals surface area contributed by atoms with Gasteiger partial charge in [-0.3, -0.25) is 0 Å². The number of carbonyl (C=O) groups is 1. The van der Waals surface area contributed by atoms with Crippen LogP contribution in [0.3, 0.4) is 0 Å². The molecule has 0 saturated heterocycles. The lowest BCUT2D eigenvalue weighted by atomic mass is 9.98. The highest BCUT2D eigenvalue weighted by atomic mass is 16.3. The lowest BCUT2D eigenvalue weighted by molar-refractivity contribution is 0.163. The van der Waals surface area contributed by atoms with Crippen molar-refractivity contribution in [2.45, 2.75) is 38.8 Å². The molecule has 124 valence electrons. The Kier molecular flexibility index (Phi) is 5.76. The maximum atomic E-state index is 12.1. The number of aliphatic hydroxyl groups is 1. The largest absolute Gasteiger partial charge is 0.394 e. The topological polar surface area (TPSA) is 79.2 Å². The van der Waals surface area contributed by atoms with E-state index in [9.17, 15) is 9.90 Å². The number of aromatic nitrogens is 2. The number of hydrogen-bond donors (Lipinski definition) is 3. The van der Waals surface area contributed by atoms with E-state index in [0.29, 0.717) is 6.54 Å². The number of nitrogens with zero attached hydrogens (tertiary/aromatic N) is 2. The summed E-state index contributed by atoms with van der Waals surface area (Å²) in [5, 5.41) is 19.4. The van der Waals surface area contributed by atoms with Crippen molar-refractivity contribution in [2.24, 2.45) is 0 Å². The van der Waals surface area contributed by atoms with Gasteiger partial charge >= 0.3 is 6.03 Å². The van der Waals surface area contributed by atoms with Crippen molar-refractivity contribution in [2.75, 3.05) is 6.61 Å². The molecule has 6 nitrogen and oxygen atoms in total. The first-order chi connectivity index (χ1) is 11.1. The average Bonchev–Trinajstić information content (AvgIpc) is 3.07. The van der Waals surface area contributed by atoms with Crippen molar-refractivity contribution in [3.63, 3.8) is 0 Å². The van der Waals surface area contributed by atoms with E-state index >= 15 is 0 Å². The summed E-state index contributed by atoms with van der Waals surface area (Å²) >= 11 is 0. The molecule has 3 N–H and O–H groups in total. The summed E-state index contributed by atoms with van der Waals surface area (Å²) in [6.45, 7) is 4.16. The Labute approximate surface area is 136 Å². The van der Waals surface area contributed by atoms with Gasteiger partial charge in [0.2, 0.25) is 0 Å². The van der Waals surface area contributed by atoms with Crippen molar-refractivity contribution in [1.82, 2.24) is 20.4 Å². The first kappa shape index (κ1) is 17.0. The number of urea groups is 1. The minimum Gasteiger partial charge on any atom is -0.394 e. The zero-order valence-corrected chi connectivity index (χ0v) is 13.6. The molecule has 0 aliphatic heterocycles. The second-order valence-corrected chi connectivity index (χ2v) is 5.86. The lowest BCUT2D eigenvalue weighted by Gasteiger charge is -2.28. The van der Waals surface area contributed by atoms with Gasteiger partial charge < -0.3 is 15.7 Å². The van der Waals surface area contributed by atoms with E-state index in [1.165, 1.54) is 0 Å². The second-order valence-electron chi connectivity index (χ2n) is 5.86. The van der Waals surface area contributed by atoms with Crippen LogP contribution in [-0.2, 0) is 6.54 Å². The molecule has 1 atom stereocenters. The number of rotatable bonds is 7. The van der Waals surface area contributed by atoms with Crippen LogP contribution in [0.4, 0.5) is 4.79 Å². The molecule has 23 heavy (non-hydrogen) atoms. The normalized spacial score (nSPS) is 13.3. The van der Waals surface area contributed by atoms with Gasteiger partial charge in [-0.25, -0.2) is 9.48 Å². The molecule has 0 aliphatic carbocycles. The molecular formula is C17H24N4O2.